The van der Waals surface area contributed by atoms with Crippen molar-refractivity contribution in [3.8, 4) is 0 Å². The van der Waals surface area contributed by atoms with Gasteiger partial charge in [0.05, 0.1) is 25.4 Å². The average molecular weight is 570 g/mol. The van der Waals surface area contributed by atoms with Crippen LogP contribution in [0.25, 0.3) is 0 Å². The van der Waals surface area contributed by atoms with Gasteiger partial charge in [-0.2, -0.15) is 0 Å². The Kier molecular flexibility index (Phi) is 12.1. The molecule has 41 heavy (non-hydrogen) atoms. The number of ether oxygens (including phenoxy) is 3. The van der Waals surface area contributed by atoms with Gasteiger partial charge in [-0.15, -0.1) is 0 Å². The summed E-state index contributed by atoms with van der Waals surface area (Å²) in [5, 5.41) is 21.0. The zero-order valence-electron chi connectivity index (χ0n) is 23.8. The molecule has 0 bridgehead atoms. The molecule has 4 rings (SSSR count). The molecule has 224 valence electrons. The van der Waals surface area contributed by atoms with Gasteiger partial charge in [0, 0.05) is 50.2 Å². The number of hydroxylamine groups is 1. The Morgan fingerprint density at radius 3 is 2.54 bits per heavy atom. The van der Waals surface area contributed by atoms with Crippen LogP contribution in [-0.4, -0.2) is 66.0 Å². The van der Waals surface area contributed by atoms with Gasteiger partial charge in [-0.05, 0) is 55.5 Å². The molecule has 0 aliphatic carbocycles. The smallest absolute Gasteiger partial charge is 0.243 e. The average Bonchev–Trinajstić information content (AvgIpc) is 3.43. The molecule has 2 saturated heterocycles. The van der Waals surface area contributed by atoms with Crippen LogP contribution in [0.15, 0.2) is 48.5 Å². The number of nitrogens with zero attached hydrogens (tertiary/aromatic N) is 1. The maximum Gasteiger partial charge on any atom is 0.243 e. The minimum Gasteiger partial charge on any atom is -0.392 e. The molecule has 4 N–H and O–H groups in total. The quantitative estimate of drug-likeness (QED) is 0.151. The van der Waals surface area contributed by atoms with Crippen LogP contribution in [0.2, 0.25) is 0 Å². The molecule has 0 radical (unpaired) electrons. The lowest BCUT2D eigenvalue weighted by atomic mass is 9.99. The number of amides is 2. The fourth-order valence-electron chi connectivity index (χ4n) is 5.60. The SMILES string of the molecule is COCC1CCCN1CC1CC(c2ccc(CO)cc2)OC(c2cccc(NC(=O)CCCCCC(=O)NO)c2)O1. The van der Waals surface area contributed by atoms with E-state index in [1.807, 2.05) is 48.5 Å². The largest absolute Gasteiger partial charge is 0.392 e. The van der Waals surface area contributed by atoms with Gasteiger partial charge in [-0.3, -0.25) is 19.7 Å². The lowest BCUT2D eigenvalue weighted by Gasteiger charge is -2.39. The molecule has 0 spiro atoms. The number of aliphatic hydroxyl groups is 1. The van der Waals surface area contributed by atoms with E-state index in [2.05, 4.69) is 10.2 Å². The number of methoxy groups -OCH3 is 1. The number of likely N-dealkylation sites (tertiary alicyclic amines) is 1. The van der Waals surface area contributed by atoms with Crippen molar-refractivity contribution in [1.82, 2.24) is 10.4 Å². The third-order valence-corrected chi connectivity index (χ3v) is 7.79. The highest BCUT2D eigenvalue weighted by atomic mass is 16.7. The van der Waals surface area contributed by atoms with Crippen molar-refractivity contribution in [1.29, 1.82) is 0 Å². The summed E-state index contributed by atoms with van der Waals surface area (Å²) in [6.07, 6.45) is 4.69. The molecule has 10 heteroatoms. The number of hydrogen-bond donors (Lipinski definition) is 4. The third-order valence-electron chi connectivity index (χ3n) is 7.79. The molecule has 2 aliphatic heterocycles. The van der Waals surface area contributed by atoms with E-state index in [1.54, 1.807) is 12.6 Å². The van der Waals surface area contributed by atoms with Gasteiger partial charge in [-0.25, -0.2) is 5.48 Å². The maximum atomic E-state index is 12.5. The molecule has 4 atom stereocenters. The van der Waals surface area contributed by atoms with Gasteiger partial charge in [0.1, 0.15) is 0 Å². The topological polar surface area (TPSA) is 130 Å². The van der Waals surface area contributed by atoms with Crippen LogP contribution in [0.3, 0.4) is 0 Å². The number of nitrogens with one attached hydrogen (secondary N) is 2. The van der Waals surface area contributed by atoms with Crippen LogP contribution < -0.4 is 10.8 Å². The molecule has 0 saturated carbocycles. The summed E-state index contributed by atoms with van der Waals surface area (Å²) in [5.74, 6) is -0.516. The first-order chi connectivity index (χ1) is 20.0. The van der Waals surface area contributed by atoms with Crippen LogP contribution in [0.1, 0.15) is 80.5 Å². The van der Waals surface area contributed by atoms with Crippen molar-refractivity contribution >= 4 is 17.5 Å². The molecule has 0 aromatic heterocycles. The van der Waals surface area contributed by atoms with Gasteiger partial charge >= 0.3 is 0 Å². The van der Waals surface area contributed by atoms with E-state index in [0.29, 0.717) is 44.0 Å². The van der Waals surface area contributed by atoms with Gasteiger partial charge < -0.3 is 24.6 Å². The van der Waals surface area contributed by atoms with Crippen molar-refractivity contribution in [2.24, 2.45) is 0 Å². The van der Waals surface area contributed by atoms with Crippen LogP contribution in [0.5, 0.6) is 0 Å². The summed E-state index contributed by atoms with van der Waals surface area (Å²) < 4.78 is 18.5. The first-order valence-corrected chi connectivity index (χ1v) is 14.6. The Balaban J connectivity index is 1.41. The second kappa shape index (κ2) is 16.0. The maximum absolute atomic E-state index is 12.5. The van der Waals surface area contributed by atoms with Crippen molar-refractivity contribution < 1.29 is 34.1 Å². The van der Waals surface area contributed by atoms with Crippen molar-refractivity contribution in [2.45, 2.75) is 82.5 Å². The first-order valence-electron chi connectivity index (χ1n) is 14.6. The molecule has 2 aromatic carbocycles. The molecular weight excluding hydrogens is 526 g/mol. The van der Waals surface area contributed by atoms with E-state index in [9.17, 15) is 14.7 Å². The van der Waals surface area contributed by atoms with Gasteiger partial charge in [0.25, 0.3) is 0 Å². The summed E-state index contributed by atoms with van der Waals surface area (Å²) in [6, 6.07) is 15.8. The minimum atomic E-state index is -0.603. The summed E-state index contributed by atoms with van der Waals surface area (Å²) in [5.41, 5.74) is 5.01. The molecule has 2 heterocycles. The zero-order chi connectivity index (χ0) is 29.0. The summed E-state index contributed by atoms with van der Waals surface area (Å²) in [4.78, 5) is 26.1. The number of anilines is 1. The zero-order valence-corrected chi connectivity index (χ0v) is 23.8. The van der Waals surface area contributed by atoms with E-state index in [1.165, 1.54) is 0 Å². The fraction of sp³-hybridized carbons (Fsp3) is 0.548. The van der Waals surface area contributed by atoms with Crippen LogP contribution in [0, 0.1) is 0 Å². The number of rotatable bonds is 14. The minimum absolute atomic E-state index is 0.00457. The molecule has 2 aromatic rings. The first kappa shape index (κ1) is 31.1. The molecule has 4 unspecified atom stereocenters. The second-order valence-corrected chi connectivity index (χ2v) is 10.9. The number of unbranched alkanes of at least 4 members (excludes halogenated alkanes) is 2. The summed E-state index contributed by atoms with van der Waals surface area (Å²) >= 11 is 0. The highest BCUT2D eigenvalue weighted by molar-refractivity contribution is 5.90. The Hall–Kier alpha value is -2.86. The highest BCUT2D eigenvalue weighted by Crippen LogP contribution is 2.39. The lowest BCUT2D eigenvalue weighted by molar-refractivity contribution is -0.253. The van der Waals surface area contributed by atoms with Crippen LogP contribution in [-0.2, 0) is 30.4 Å². The van der Waals surface area contributed by atoms with E-state index in [0.717, 1.165) is 49.0 Å². The van der Waals surface area contributed by atoms with E-state index in [4.69, 9.17) is 19.4 Å². The molecule has 2 aliphatic rings. The predicted molar refractivity (Wildman–Crippen MR) is 153 cm³/mol. The number of carbonyl (C=O) groups is 2. The molecule has 10 nitrogen and oxygen atoms in total. The van der Waals surface area contributed by atoms with E-state index in [-0.39, 0.29) is 31.1 Å². The normalized spacial score (nSPS) is 22.9. The third kappa shape index (κ3) is 9.32. The molecule has 2 amide bonds. The second-order valence-electron chi connectivity index (χ2n) is 10.9. The van der Waals surface area contributed by atoms with Gasteiger partial charge in [0.2, 0.25) is 11.8 Å². The summed E-state index contributed by atoms with van der Waals surface area (Å²) in [6.45, 7) is 2.51. The monoisotopic (exact) mass is 569 g/mol. The Morgan fingerprint density at radius 2 is 1.80 bits per heavy atom. The van der Waals surface area contributed by atoms with Gasteiger partial charge in [0.15, 0.2) is 6.29 Å². The Morgan fingerprint density at radius 1 is 1.02 bits per heavy atom. The van der Waals surface area contributed by atoms with Crippen molar-refractivity contribution in [2.75, 3.05) is 32.1 Å². The van der Waals surface area contributed by atoms with Crippen molar-refractivity contribution in [3.63, 3.8) is 0 Å². The fourth-order valence-corrected chi connectivity index (χ4v) is 5.60. The number of aliphatic hydroxyl groups excluding tert-OH is 1. The molecule has 2 fully saturated rings. The lowest BCUT2D eigenvalue weighted by Crippen LogP contribution is -2.42. The number of benzene rings is 2. The highest BCUT2D eigenvalue weighted by Gasteiger charge is 2.35. The standard InChI is InChI=1S/C31H43N3O7/c1-39-21-26-9-6-16-34(26)19-27-18-28(23-14-12-22(20-35)13-15-23)41-31(40-27)24-7-5-8-25(17-24)32-29(36)10-3-2-4-11-30(37)33-38/h5,7-8,12-15,17,26-28,31,35,38H,2-4,6,9-11,16,18-21H2,1H3,(H,32,36)(H,33,37). The van der Waals surface area contributed by atoms with Crippen molar-refractivity contribution in [3.05, 3.63) is 65.2 Å². The summed E-state index contributed by atoms with van der Waals surface area (Å²) in [7, 11) is 1.74. The van der Waals surface area contributed by atoms with E-state index >= 15 is 0 Å². The number of carbonyl (C=O) groups excluding carboxylic acids is 2. The predicted octanol–water partition coefficient (Wildman–Crippen LogP) is 4.23. The Labute approximate surface area is 241 Å². The van der Waals surface area contributed by atoms with Crippen LogP contribution in [0.4, 0.5) is 5.69 Å². The van der Waals surface area contributed by atoms with Gasteiger partial charge in [-0.1, -0.05) is 42.8 Å². The van der Waals surface area contributed by atoms with Crippen LogP contribution >= 0.6 is 0 Å². The molecular formula is C31H43N3O7. The number of hydrogen-bond acceptors (Lipinski definition) is 8. The Bertz CT molecular complexity index is 1110. The van der Waals surface area contributed by atoms with E-state index < -0.39 is 12.2 Å².